The highest BCUT2D eigenvalue weighted by Gasteiger charge is 2.55. The Bertz CT molecular complexity index is 365. The van der Waals surface area contributed by atoms with Gasteiger partial charge in [-0.25, -0.2) is 9.59 Å². The van der Waals surface area contributed by atoms with Crippen molar-refractivity contribution in [1.82, 2.24) is 4.90 Å². The van der Waals surface area contributed by atoms with Crippen molar-refractivity contribution in [2.75, 3.05) is 13.2 Å². The van der Waals surface area contributed by atoms with E-state index in [9.17, 15) is 14.7 Å². The molecule has 0 aromatic rings. The van der Waals surface area contributed by atoms with Crippen molar-refractivity contribution in [3.63, 3.8) is 0 Å². The molecule has 0 spiro atoms. The zero-order valence-electron chi connectivity index (χ0n) is 10.9. The molecule has 6 heteroatoms. The van der Waals surface area contributed by atoms with Crippen molar-refractivity contribution in [2.24, 2.45) is 0 Å². The second-order valence-corrected chi connectivity index (χ2v) is 5.90. The van der Waals surface area contributed by atoms with Crippen LogP contribution in [0, 0.1) is 0 Å². The van der Waals surface area contributed by atoms with Gasteiger partial charge in [0.25, 0.3) is 0 Å². The minimum atomic E-state index is -1.25. The van der Waals surface area contributed by atoms with E-state index in [2.05, 4.69) is 0 Å². The minimum Gasteiger partial charge on any atom is -0.479 e. The summed E-state index contributed by atoms with van der Waals surface area (Å²) in [6.45, 7) is 5.62. The highest BCUT2D eigenvalue weighted by molar-refractivity contribution is 5.85. The summed E-state index contributed by atoms with van der Waals surface area (Å²) in [6, 6.07) is 0. The van der Waals surface area contributed by atoms with E-state index in [1.165, 1.54) is 4.90 Å². The lowest BCUT2D eigenvalue weighted by atomic mass is 9.83. The fraction of sp³-hybridized carbons (Fsp3) is 0.833. The number of hydrogen-bond acceptors (Lipinski definition) is 4. The fourth-order valence-corrected chi connectivity index (χ4v) is 2.40. The van der Waals surface area contributed by atoms with Gasteiger partial charge >= 0.3 is 12.1 Å². The van der Waals surface area contributed by atoms with Gasteiger partial charge in [0, 0.05) is 0 Å². The van der Waals surface area contributed by atoms with E-state index in [1.807, 2.05) is 0 Å². The van der Waals surface area contributed by atoms with Crippen molar-refractivity contribution in [2.45, 2.75) is 50.9 Å². The molecule has 2 bridgehead atoms. The van der Waals surface area contributed by atoms with Gasteiger partial charge in [-0.15, -0.1) is 0 Å². The lowest BCUT2D eigenvalue weighted by Crippen LogP contribution is -2.69. The predicted octanol–water partition coefficient (Wildman–Crippen LogP) is 1.24. The number of amides is 1. The van der Waals surface area contributed by atoms with Gasteiger partial charge in [0.1, 0.15) is 5.60 Å². The Kier molecular flexibility index (Phi) is 3.01. The van der Waals surface area contributed by atoms with Gasteiger partial charge in [0.2, 0.25) is 0 Å². The number of fused-ring (bicyclic) bond motifs is 3. The topological polar surface area (TPSA) is 76.1 Å². The molecular formula is C12H19NO5. The van der Waals surface area contributed by atoms with Crippen LogP contribution in [0.25, 0.3) is 0 Å². The number of piperidine rings is 1. The van der Waals surface area contributed by atoms with Crippen LogP contribution in [0.5, 0.6) is 0 Å². The van der Waals surface area contributed by atoms with Crippen LogP contribution in [0.1, 0.15) is 33.6 Å². The summed E-state index contributed by atoms with van der Waals surface area (Å²) in [4.78, 5) is 24.9. The minimum absolute atomic E-state index is 0.0479. The monoisotopic (exact) mass is 257 g/mol. The average molecular weight is 257 g/mol. The Morgan fingerprint density at radius 3 is 2.56 bits per heavy atom. The molecule has 0 aromatic heterocycles. The Labute approximate surface area is 106 Å². The molecule has 3 fully saturated rings. The molecule has 3 rings (SSSR count). The molecule has 18 heavy (non-hydrogen) atoms. The van der Waals surface area contributed by atoms with Crippen LogP contribution in [-0.4, -0.2) is 52.5 Å². The maximum atomic E-state index is 12.1. The number of nitrogens with zero attached hydrogens (tertiary/aromatic N) is 1. The normalized spacial score (nSPS) is 31.3. The number of carboxylic acid groups (broad SMARTS) is 1. The third-order valence-corrected chi connectivity index (χ3v) is 3.35. The predicted molar refractivity (Wildman–Crippen MR) is 62.3 cm³/mol. The number of rotatable bonds is 1. The number of aliphatic carboxylic acids is 1. The third kappa shape index (κ3) is 2.16. The van der Waals surface area contributed by atoms with Crippen LogP contribution >= 0.6 is 0 Å². The Hall–Kier alpha value is -1.30. The molecular weight excluding hydrogens is 238 g/mol. The van der Waals surface area contributed by atoms with E-state index < -0.39 is 23.2 Å². The summed E-state index contributed by atoms with van der Waals surface area (Å²) in [6.07, 6.45) is 0.453. The second kappa shape index (κ2) is 4.12. The number of hydrogen-bond donors (Lipinski definition) is 1. The maximum Gasteiger partial charge on any atom is 0.411 e. The van der Waals surface area contributed by atoms with Crippen molar-refractivity contribution < 1.29 is 24.2 Å². The first-order valence-corrected chi connectivity index (χ1v) is 6.10. The summed E-state index contributed by atoms with van der Waals surface area (Å²) < 4.78 is 10.7. The van der Waals surface area contributed by atoms with Gasteiger partial charge in [-0.3, -0.25) is 4.90 Å². The molecule has 0 aromatic carbocycles. The molecule has 3 aliphatic rings. The molecule has 2 atom stereocenters. The summed E-state index contributed by atoms with van der Waals surface area (Å²) in [5.41, 5.74) is -1.88. The zero-order chi connectivity index (χ0) is 13.6. The fourth-order valence-electron chi connectivity index (χ4n) is 2.40. The van der Waals surface area contributed by atoms with E-state index in [-0.39, 0.29) is 12.7 Å². The number of carboxylic acids is 1. The Morgan fingerprint density at radius 1 is 1.44 bits per heavy atom. The summed E-state index contributed by atoms with van der Waals surface area (Å²) in [7, 11) is 0. The highest BCUT2D eigenvalue weighted by atomic mass is 16.6. The lowest BCUT2D eigenvalue weighted by molar-refractivity contribution is -0.185. The molecule has 3 aliphatic heterocycles. The van der Waals surface area contributed by atoms with Crippen LogP contribution in [0.15, 0.2) is 0 Å². The van der Waals surface area contributed by atoms with Gasteiger partial charge in [0.15, 0.2) is 5.54 Å². The van der Waals surface area contributed by atoms with Crippen LogP contribution in [0.2, 0.25) is 0 Å². The molecule has 102 valence electrons. The number of carbonyl (C=O) groups excluding carboxylic acids is 1. The first-order valence-electron chi connectivity index (χ1n) is 6.10. The van der Waals surface area contributed by atoms with E-state index in [0.717, 1.165) is 0 Å². The molecule has 1 amide bonds. The van der Waals surface area contributed by atoms with Crippen molar-refractivity contribution in [3.05, 3.63) is 0 Å². The van der Waals surface area contributed by atoms with Gasteiger partial charge in [-0.1, -0.05) is 0 Å². The maximum absolute atomic E-state index is 12.1. The van der Waals surface area contributed by atoms with Crippen LogP contribution < -0.4 is 0 Å². The molecule has 3 saturated heterocycles. The van der Waals surface area contributed by atoms with Gasteiger partial charge < -0.3 is 14.6 Å². The van der Waals surface area contributed by atoms with E-state index in [1.54, 1.807) is 20.8 Å². The SMILES string of the molecule is CC(C)(C)OC(=O)N1CC2CCC1(C(=O)O)CO2. The number of carbonyl (C=O) groups is 2. The number of morpholine rings is 1. The lowest BCUT2D eigenvalue weighted by Gasteiger charge is -2.51. The number of ether oxygens (including phenoxy) is 2. The van der Waals surface area contributed by atoms with Gasteiger partial charge in [-0.2, -0.15) is 0 Å². The van der Waals surface area contributed by atoms with Crippen LogP contribution in [0.3, 0.4) is 0 Å². The molecule has 2 unspecified atom stereocenters. The zero-order valence-corrected chi connectivity index (χ0v) is 10.9. The summed E-state index contributed by atoms with van der Waals surface area (Å²) in [5.74, 6) is -1.02. The summed E-state index contributed by atoms with van der Waals surface area (Å²) >= 11 is 0. The van der Waals surface area contributed by atoms with Crippen molar-refractivity contribution >= 4 is 12.1 Å². The standard InChI is InChI=1S/C12H19NO5/c1-11(2,3)18-10(16)13-6-8-4-5-12(13,7-17-8)9(14)15/h8H,4-7H2,1-3H3,(H,14,15). The molecule has 6 nitrogen and oxygen atoms in total. The summed E-state index contributed by atoms with van der Waals surface area (Å²) in [5, 5.41) is 9.40. The van der Waals surface area contributed by atoms with Crippen molar-refractivity contribution in [3.8, 4) is 0 Å². The largest absolute Gasteiger partial charge is 0.479 e. The third-order valence-electron chi connectivity index (χ3n) is 3.35. The van der Waals surface area contributed by atoms with Gasteiger partial charge in [0.05, 0.1) is 19.3 Å². The van der Waals surface area contributed by atoms with E-state index in [0.29, 0.717) is 19.4 Å². The first-order chi connectivity index (χ1) is 8.24. The van der Waals surface area contributed by atoms with E-state index >= 15 is 0 Å². The Morgan fingerprint density at radius 2 is 2.11 bits per heavy atom. The molecule has 0 aliphatic carbocycles. The first kappa shape index (κ1) is 13.1. The molecule has 0 radical (unpaired) electrons. The Balaban J connectivity index is 2.21. The van der Waals surface area contributed by atoms with Crippen LogP contribution in [-0.2, 0) is 14.3 Å². The molecule has 3 heterocycles. The molecule has 0 saturated carbocycles. The van der Waals surface area contributed by atoms with Crippen molar-refractivity contribution in [1.29, 1.82) is 0 Å². The van der Waals surface area contributed by atoms with Crippen LogP contribution in [0.4, 0.5) is 4.79 Å². The average Bonchev–Trinajstić information content (AvgIpc) is 2.28. The van der Waals surface area contributed by atoms with E-state index in [4.69, 9.17) is 9.47 Å². The second-order valence-electron chi connectivity index (χ2n) is 5.90. The quantitative estimate of drug-likeness (QED) is 0.764. The smallest absolute Gasteiger partial charge is 0.411 e. The highest BCUT2D eigenvalue weighted by Crippen LogP contribution is 2.36. The van der Waals surface area contributed by atoms with Gasteiger partial charge in [-0.05, 0) is 33.6 Å². The molecule has 1 N–H and O–H groups in total.